The van der Waals surface area contributed by atoms with Gasteiger partial charge in [-0.3, -0.25) is 4.90 Å². The van der Waals surface area contributed by atoms with Gasteiger partial charge in [0, 0.05) is 18.1 Å². The maximum absolute atomic E-state index is 3.73. The van der Waals surface area contributed by atoms with Gasteiger partial charge < -0.3 is 5.32 Å². The molecule has 1 fully saturated rings. The van der Waals surface area contributed by atoms with E-state index in [4.69, 9.17) is 0 Å². The number of likely N-dealkylation sites (tertiary alicyclic amines) is 1. The van der Waals surface area contributed by atoms with Gasteiger partial charge in [-0.1, -0.05) is 38.1 Å². The first-order valence-corrected chi connectivity index (χ1v) is 7.92. The normalized spacial score (nSPS) is 30.7. The van der Waals surface area contributed by atoms with E-state index < -0.39 is 0 Å². The molecule has 2 heteroatoms. The highest BCUT2D eigenvalue weighted by Gasteiger charge is 2.39. The van der Waals surface area contributed by atoms with Gasteiger partial charge in [-0.25, -0.2) is 0 Å². The number of rotatable bonds is 4. The van der Waals surface area contributed by atoms with E-state index >= 15 is 0 Å². The SMILES string of the molecule is CCNC1c2ccccc2CC1N1CCCC1CC. The maximum Gasteiger partial charge on any atom is 0.0484 e. The topological polar surface area (TPSA) is 15.3 Å². The quantitative estimate of drug-likeness (QED) is 0.892. The molecular formula is C17H26N2. The number of hydrogen-bond acceptors (Lipinski definition) is 2. The van der Waals surface area contributed by atoms with Gasteiger partial charge in [0.15, 0.2) is 0 Å². The molecular weight excluding hydrogens is 232 g/mol. The number of hydrogen-bond donors (Lipinski definition) is 1. The third kappa shape index (κ3) is 2.32. The number of likely N-dealkylation sites (N-methyl/N-ethyl adjacent to an activating group) is 1. The lowest BCUT2D eigenvalue weighted by Gasteiger charge is -2.34. The summed E-state index contributed by atoms with van der Waals surface area (Å²) in [7, 11) is 0. The zero-order chi connectivity index (χ0) is 13.2. The molecule has 104 valence electrons. The van der Waals surface area contributed by atoms with Gasteiger partial charge in [0.25, 0.3) is 0 Å². The summed E-state index contributed by atoms with van der Waals surface area (Å²) in [5.41, 5.74) is 3.09. The second-order valence-electron chi connectivity index (χ2n) is 5.95. The van der Waals surface area contributed by atoms with Gasteiger partial charge in [0.2, 0.25) is 0 Å². The van der Waals surface area contributed by atoms with Gasteiger partial charge in [0.1, 0.15) is 0 Å². The molecule has 3 rings (SSSR count). The van der Waals surface area contributed by atoms with E-state index in [2.05, 4.69) is 48.3 Å². The summed E-state index contributed by atoms with van der Waals surface area (Å²) in [5.74, 6) is 0. The summed E-state index contributed by atoms with van der Waals surface area (Å²) < 4.78 is 0. The third-order valence-corrected chi connectivity index (χ3v) is 4.95. The van der Waals surface area contributed by atoms with Crippen LogP contribution in [0.25, 0.3) is 0 Å². The van der Waals surface area contributed by atoms with Crippen molar-refractivity contribution in [3.05, 3.63) is 35.4 Å². The Morgan fingerprint density at radius 3 is 2.89 bits per heavy atom. The van der Waals surface area contributed by atoms with Crippen molar-refractivity contribution in [2.75, 3.05) is 13.1 Å². The predicted molar refractivity (Wildman–Crippen MR) is 80.4 cm³/mol. The summed E-state index contributed by atoms with van der Waals surface area (Å²) in [4.78, 5) is 2.79. The van der Waals surface area contributed by atoms with Crippen LogP contribution in [0.3, 0.4) is 0 Å². The van der Waals surface area contributed by atoms with Crippen LogP contribution in [0.5, 0.6) is 0 Å². The first-order valence-electron chi connectivity index (χ1n) is 7.92. The number of nitrogens with zero attached hydrogens (tertiary/aromatic N) is 1. The van der Waals surface area contributed by atoms with E-state index in [1.165, 1.54) is 37.8 Å². The van der Waals surface area contributed by atoms with E-state index in [-0.39, 0.29) is 0 Å². The lowest BCUT2D eigenvalue weighted by molar-refractivity contribution is 0.149. The van der Waals surface area contributed by atoms with Crippen LogP contribution in [0.2, 0.25) is 0 Å². The van der Waals surface area contributed by atoms with Crippen LogP contribution in [0.1, 0.15) is 50.3 Å². The molecule has 1 aliphatic heterocycles. The highest BCUT2D eigenvalue weighted by molar-refractivity contribution is 5.37. The molecule has 1 N–H and O–H groups in total. The molecule has 0 saturated carbocycles. The Bertz CT molecular complexity index is 429. The van der Waals surface area contributed by atoms with Crippen molar-refractivity contribution in [1.29, 1.82) is 0 Å². The molecule has 19 heavy (non-hydrogen) atoms. The second-order valence-corrected chi connectivity index (χ2v) is 5.95. The molecule has 0 aromatic heterocycles. The standard InChI is InChI=1S/C17H26N2/c1-3-14-9-7-11-19(14)16-12-13-8-5-6-10-15(13)17(16)18-4-2/h5-6,8,10,14,16-18H,3-4,7,9,11-12H2,1-2H3. The molecule has 1 saturated heterocycles. The Morgan fingerprint density at radius 1 is 1.26 bits per heavy atom. The molecule has 0 bridgehead atoms. The van der Waals surface area contributed by atoms with Gasteiger partial charge in [-0.15, -0.1) is 0 Å². The Balaban J connectivity index is 1.86. The number of nitrogens with one attached hydrogen (secondary N) is 1. The fourth-order valence-electron chi connectivity index (χ4n) is 4.08. The molecule has 3 atom stereocenters. The molecule has 1 heterocycles. The van der Waals surface area contributed by atoms with Crippen molar-refractivity contribution in [2.45, 2.75) is 57.7 Å². The molecule has 2 nitrogen and oxygen atoms in total. The van der Waals surface area contributed by atoms with E-state index in [9.17, 15) is 0 Å². The van der Waals surface area contributed by atoms with Crippen LogP contribution in [0, 0.1) is 0 Å². The fourth-order valence-corrected chi connectivity index (χ4v) is 4.08. The van der Waals surface area contributed by atoms with Crippen molar-refractivity contribution in [1.82, 2.24) is 10.2 Å². The fraction of sp³-hybridized carbons (Fsp3) is 0.647. The molecule has 0 spiro atoms. The Kier molecular flexibility index (Phi) is 3.90. The molecule has 1 aliphatic carbocycles. The van der Waals surface area contributed by atoms with Crippen molar-refractivity contribution < 1.29 is 0 Å². The minimum Gasteiger partial charge on any atom is -0.309 e. The van der Waals surface area contributed by atoms with Crippen LogP contribution in [0.15, 0.2) is 24.3 Å². The monoisotopic (exact) mass is 258 g/mol. The van der Waals surface area contributed by atoms with Gasteiger partial charge in [-0.2, -0.15) is 0 Å². The minimum absolute atomic E-state index is 0.536. The average Bonchev–Trinajstić information content (AvgIpc) is 3.03. The van der Waals surface area contributed by atoms with Crippen molar-refractivity contribution in [3.63, 3.8) is 0 Å². The molecule has 1 aromatic rings. The van der Waals surface area contributed by atoms with Crippen LogP contribution in [-0.2, 0) is 6.42 Å². The largest absolute Gasteiger partial charge is 0.309 e. The maximum atomic E-state index is 3.73. The van der Waals surface area contributed by atoms with Crippen LogP contribution in [0.4, 0.5) is 0 Å². The highest BCUT2D eigenvalue weighted by atomic mass is 15.2. The van der Waals surface area contributed by atoms with Crippen molar-refractivity contribution in [2.24, 2.45) is 0 Å². The summed E-state index contributed by atoms with van der Waals surface area (Å²) in [5, 5.41) is 3.73. The van der Waals surface area contributed by atoms with Gasteiger partial charge >= 0.3 is 0 Å². The van der Waals surface area contributed by atoms with E-state index in [0.29, 0.717) is 12.1 Å². The smallest absolute Gasteiger partial charge is 0.0484 e. The summed E-state index contributed by atoms with van der Waals surface area (Å²) >= 11 is 0. The van der Waals surface area contributed by atoms with E-state index in [1.54, 1.807) is 5.56 Å². The zero-order valence-corrected chi connectivity index (χ0v) is 12.2. The molecule has 1 aromatic carbocycles. The van der Waals surface area contributed by atoms with E-state index in [0.717, 1.165) is 12.6 Å². The Labute approximate surface area is 117 Å². The molecule has 0 radical (unpaired) electrons. The predicted octanol–water partition coefficient (Wildman–Crippen LogP) is 3.14. The van der Waals surface area contributed by atoms with Crippen molar-refractivity contribution in [3.8, 4) is 0 Å². The van der Waals surface area contributed by atoms with Crippen LogP contribution >= 0.6 is 0 Å². The lowest BCUT2D eigenvalue weighted by Crippen LogP contribution is -2.45. The van der Waals surface area contributed by atoms with Crippen molar-refractivity contribution >= 4 is 0 Å². The Morgan fingerprint density at radius 2 is 2.11 bits per heavy atom. The average molecular weight is 258 g/mol. The lowest BCUT2D eigenvalue weighted by atomic mass is 10.0. The first kappa shape index (κ1) is 13.1. The van der Waals surface area contributed by atoms with Crippen LogP contribution < -0.4 is 5.32 Å². The number of fused-ring (bicyclic) bond motifs is 1. The second kappa shape index (κ2) is 5.64. The van der Waals surface area contributed by atoms with Gasteiger partial charge in [-0.05, 0) is 49.9 Å². The minimum atomic E-state index is 0.536. The molecule has 2 aliphatic rings. The summed E-state index contributed by atoms with van der Waals surface area (Å²) in [6.07, 6.45) is 5.29. The Hall–Kier alpha value is -0.860. The van der Waals surface area contributed by atoms with Crippen LogP contribution in [-0.4, -0.2) is 30.1 Å². The van der Waals surface area contributed by atoms with E-state index in [1.807, 2.05) is 0 Å². The molecule has 0 amide bonds. The van der Waals surface area contributed by atoms with Gasteiger partial charge in [0.05, 0.1) is 0 Å². The summed E-state index contributed by atoms with van der Waals surface area (Å²) in [6.45, 7) is 6.91. The summed E-state index contributed by atoms with van der Waals surface area (Å²) in [6, 6.07) is 11.0. The number of benzene rings is 1. The highest BCUT2D eigenvalue weighted by Crippen LogP contribution is 2.38. The third-order valence-electron chi connectivity index (χ3n) is 4.95. The first-order chi connectivity index (χ1) is 9.35. The zero-order valence-electron chi connectivity index (χ0n) is 12.2. The molecule has 3 unspecified atom stereocenters.